The first-order valence-electron chi connectivity index (χ1n) is 5.95. The van der Waals surface area contributed by atoms with Crippen LogP contribution in [0.5, 0.6) is 0 Å². The van der Waals surface area contributed by atoms with Gasteiger partial charge in [-0.15, -0.1) is 0 Å². The Bertz CT molecular complexity index is 614. The Labute approximate surface area is 118 Å². The molecule has 19 heavy (non-hydrogen) atoms. The van der Waals surface area contributed by atoms with E-state index in [0.717, 1.165) is 16.8 Å². The molecule has 0 unspecified atom stereocenters. The second-order valence-corrected chi connectivity index (χ2v) is 4.97. The van der Waals surface area contributed by atoms with Crippen molar-refractivity contribution in [2.24, 2.45) is 5.73 Å². The molecule has 0 aliphatic rings. The van der Waals surface area contributed by atoms with Gasteiger partial charge in [0.05, 0.1) is 0 Å². The second-order valence-electron chi connectivity index (χ2n) is 4.53. The molecule has 0 aliphatic heterocycles. The maximum absolute atomic E-state index is 5.57. The van der Waals surface area contributed by atoms with Crippen molar-refractivity contribution < 1.29 is 0 Å². The summed E-state index contributed by atoms with van der Waals surface area (Å²) in [5.74, 6) is 0.500. The minimum Gasteiger partial charge on any atom is -0.388 e. The van der Waals surface area contributed by atoms with Crippen LogP contribution in [0.3, 0.4) is 0 Å². The van der Waals surface area contributed by atoms with Gasteiger partial charge in [0.25, 0.3) is 0 Å². The largest absolute Gasteiger partial charge is 0.388 e. The fourth-order valence-electron chi connectivity index (χ4n) is 2.05. The summed E-state index contributed by atoms with van der Waals surface area (Å²) >= 11 is 4.91. The molecule has 5 heteroatoms. The van der Waals surface area contributed by atoms with E-state index < -0.39 is 0 Å². The monoisotopic (exact) mass is 272 g/mol. The number of hydrogen-bond donors (Lipinski definition) is 2. The highest BCUT2D eigenvalue weighted by atomic mass is 32.1. The quantitative estimate of drug-likeness (QED) is 0.841. The Morgan fingerprint density at radius 3 is 2.42 bits per heavy atom. The van der Waals surface area contributed by atoms with E-state index in [2.05, 4.69) is 48.2 Å². The highest BCUT2D eigenvalue weighted by Gasteiger charge is 2.07. The molecule has 0 saturated carbocycles. The molecule has 0 aliphatic carbocycles. The molecule has 0 amide bonds. The molecular formula is C14H16N4S. The summed E-state index contributed by atoms with van der Waals surface area (Å²) < 4.78 is 0. The summed E-state index contributed by atoms with van der Waals surface area (Å²) in [6, 6.07) is 5.93. The molecular weight excluding hydrogens is 256 g/mol. The van der Waals surface area contributed by atoms with Crippen molar-refractivity contribution in [2.75, 3.05) is 5.32 Å². The molecule has 0 fully saturated rings. The lowest BCUT2D eigenvalue weighted by Gasteiger charge is -2.13. The Morgan fingerprint density at radius 2 is 1.84 bits per heavy atom. The van der Waals surface area contributed by atoms with Gasteiger partial charge < -0.3 is 11.1 Å². The highest BCUT2D eigenvalue weighted by molar-refractivity contribution is 7.80. The van der Waals surface area contributed by atoms with Crippen LogP contribution in [0.15, 0.2) is 24.4 Å². The number of nitrogens with two attached hydrogens (primary N) is 1. The number of rotatable bonds is 3. The van der Waals surface area contributed by atoms with Gasteiger partial charge in [0.1, 0.15) is 10.7 Å². The molecule has 2 rings (SSSR count). The summed E-state index contributed by atoms with van der Waals surface area (Å²) in [4.78, 5) is 8.73. The first kappa shape index (κ1) is 13.4. The lowest BCUT2D eigenvalue weighted by atomic mass is 10.1. The SMILES string of the molecule is Cc1cc(C)c(Nc2nccc(C(N)=S)n2)c(C)c1. The zero-order valence-electron chi connectivity index (χ0n) is 11.2. The lowest BCUT2D eigenvalue weighted by Crippen LogP contribution is -2.13. The van der Waals surface area contributed by atoms with Crippen LogP contribution in [-0.2, 0) is 0 Å². The standard InChI is InChI=1S/C14H16N4S/c1-8-6-9(2)12(10(3)7-8)18-14-16-5-4-11(17-14)13(15)19/h4-7H,1-3H3,(H2,15,19)(H,16,17,18). The topological polar surface area (TPSA) is 63.8 Å². The summed E-state index contributed by atoms with van der Waals surface area (Å²) in [6.45, 7) is 6.19. The average molecular weight is 272 g/mol. The molecule has 3 N–H and O–H groups in total. The van der Waals surface area contributed by atoms with Crippen molar-refractivity contribution in [3.8, 4) is 0 Å². The molecule has 98 valence electrons. The number of benzene rings is 1. The van der Waals surface area contributed by atoms with Crippen LogP contribution in [0.4, 0.5) is 11.6 Å². The smallest absolute Gasteiger partial charge is 0.227 e. The van der Waals surface area contributed by atoms with Crippen molar-refractivity contribution in [1.29, 1.82) is 0 Å². The predicted octanol–water partition coefficient (Wildman–Crippen LogP) is 2.78. The van der Waals surface area contributed by atoms with Crippen molar-refractivity contribution in [3.63, 3.8) is 0 Å². The molecule has 1 aromatic heterocycles. The lowest BCUT2D eigenvalue weighted by molar-refractivity contribution is 1.14. The molecule has 0 atom stereocenters. The number of aryl methyl sites for hydroxylation is 3. The molecule has 1 heterocycles. The number of nitrogens with one attached hydrogen (secondary N) is 1. The van der Waals surface area contributed by atoms with Gasteiger partial charge in [0.2, 0.25) is 5.95 Å². The van der Waals surface area contributed by atoms with Gasteiger partial charge in [-0.25, -0.2) is 9.97 Å². The van der Waals surface area contributed by atoms with E-state index in [9.17, 15) is 0 Å². The summed E-state index contributed by atoms with van der Waals surface area (Å²) in [6.07, 6.45) is 1.64. The van der Waals surface area contributed by atoms with Crippen LogP contribution in [0, 0.1) is 20.8 Å². The number of hydrogen-bond acceptors (Lipinski definition) is 4. The van der Waals surface area contributed by atoms with E-state index in [4.69, 9.17) is 18.0 Å². The third-order valence-electron chi connectivity index (χ3n) is 2.82. The van der Waals surface area contributed by atoms with Gasteiger partial charge in [0, 0.05) is 11.9 Å². The number of thiocarbonyl (C=S) groups is 1. The average Bonchev–Trinajstić information content (AvgIpc) is 2.34. The van der Waals surface area contributed by atoms with Crippen molar-refractivity contribution in [2.45, 2.75) is 20.8 Å². The van der Waals surface area contributed by atoms with Crippen molar-refractivity contribution >= 4 is 28.8 Å². The van der Waals surface area contributed by atoms with Gasteiger partial charge in [-0.2, -0.15) is 0 Å². The van der Waals surface area contributed by atoms with Crippen LogP contribution in [0.2, 0.25) is 0 Å². The van der Waals surface area contributed by atoms with E-state index in [1.54, 1.807) is 12.3 Å². The number of nitrogens with zero attached hydrogens (tertiary/aromatic N) is 2. The van der Waals surface area contributed by atoms with Gasteiger partial charge in [-0.3, -0.25) is 0 Å². The Hall–Kier alpha value is -2.01. The Kier molecular flexibility index (Phi) is 3.76. The van der Waals surface area contributed by atoms with Gasteiger partial charge >= 0.3 is 0 Å². The normalized spacial score (nSPS) is 10.3. The molecule has 4 nitrogen and oxygen atoms in total. The number of aromatic nitrogens is 2. The van der Waals surface area contributed by atoms with Crippen LogP contribution >= 0.6 is 12.2 Å². The van der Waals surface area contributed by atoms with E-state index in [1.165, 1.54) is 5.56 Å². The molecule has 0 radical (unpaired) electrons. The van der Waals surface area contributed by atoms with Crippen molar-refractivity contribution in [3.05, 3.63) is 46.8 Å². The second kappa shape index (κ2) is 5.32. The van der Waals surface area contributed by atoms with Crippen LogP contribution in [0.1, 0.15) is 22.4 Å². The maximum Gasteiger partial charge on any atom is 0.227 e. The Balaban J connectivity index is 2.36. The zero-order chi connectivity index (χ0) is 14.0. The van der Waals surface area contributed by atoms with E-state index in [-0.39, 0.29) is 4.99 Å². The molecule has 2 aromatic rings. The van der Waals surface area contributed by atoms with Crippen LogP contribution in [-0.4, -0.2) is 15.0 Å². The zero-order valence-corrected chi connectivity index (χ0v) is 12.0. The van der Waals surface area contributed by atoms with Crippen LogP contribution in [0.25, 0.3) is 0 Å². The van der Waals surface area contributed by atoms with Crippen LogP contribution < -0.4 is 11.1 Å². The molecule has 1 aromatic carbocycles. The first-order chi connectivity index (χ1) is 8.97. The van der Waals surface area contributed by atoms with Gasteiger partial charge in [-0.1, -0.05) is 29.9 Å². The molecule has 0 spiro atoms. The third-order valence-corrected chi connectivity index (χ3v) is 3.03. The summed E-state index contributed by atoms with van der Waals surface area (Å²) in [5, 5.41) is 3.23. The first-order valence-corrected chi connectivity index (χ1v) is 6.36. The van der Waals surface area contributed by atoms with E-state index in [1.807, 2.05) is 0 Å². The fourth-order valence-corrected chi connectivity index (χ4v) is 2.16. The fraction of sp³-hybridized carbons (Fsp3) is 0.214. The third kappa shape index (κ3) is 3.06. The van der Waals surface area contributed by atoms with Crippen molar-refractivity contribution in [1.82, 2.24) is 9.97 Å². The van der Waals surface area contributed by atoms with Gasteiger partial charge in [-0.05, 0) is 38.0 Å². The minimum atomic E-state index is 0.266. The van der Waals surface area contributed by atoms with Gasteiger partial charge in [0.15, 0.2) is 0 Å². The summed E-state index contributed by atoms with van der Waals surface area (Å²) in [7, 11) is 0. The maximum atomic E-state index is 5.57. The molecule has 0 bridgehead atoms. The minimum absolute atomic E-state index is 0.266. The highest BCUT2D eigenvalue weighted by Crippen LogP contribution is 2.24. The Morgan fingerprint density at radius 1 is 1.21 bits per heavy atom. The van der Waals surface area contributed by atoms with E-state index in [0.29, 0.717) is 11.6 Å². The summed E-state index contributed by atoms with van der Waals surface area (Å²) in [5.41, 5.74) is 10.7. The molecule has 0 saturated heterocycles. The van der Waals surface area contributed by atoms with E-state index >= 15 is 0 Å². The number of anilines is 2. The predicted molar refractivity (Wildman–Crippen MR) is 81.9 cm³/mol.